The summed E-state index contributed by atoms with van der Waals surface area (Å²) in [5, 5.41) is 8.31. The molecule has 1 aromatic rings. The van der Waals surface area contributed by atoms with E-state index in [1.54, 1.807) is 0 Å². The number of piperazine rings is 1. The number of aryl methyl sites for hydroxylation is 2. The summed E-state index contributed by atoms with van der Waals surface area (Å²) in [7, 11) is 2.05. The number of nitrogens with zero attached hydrogens (tertiary/aromatic N) is 3. The van der Waals surface area contributed by atoms with E-state index >= 15 is 0 Å². The van der Waals surface area contributed by atoms with Crippen LogP contribution in [0.15, 0.2) is 4.47 Å². The van der Waals surface area contributed by atoms with Gasteiger partial charge in [0.15, 0.2) is 0 Å². The lowest BCUT2D eigenvalue weighted by molar-refractivity contribution is 0.0855. The first kappa shape index (κ1) is 17.0. The Balaban J connectivity index is 2.16. The van der Waals surface area contributed by atoms with Gasteiger partial charge < -0.3 is 5.32 Å². The van der Waals surface area contributed by atoms with Crippen LogP contribution >= 0.6 is 15.9 Å². The van der Waals surface area contributed by atoms with Crippen molar-refractivity contribution < 1.29 is 0 Å². The quantitative estimate of drug-likeness (QED) is 0.903. The zero-order valence-electron chi connectivity index (χ0n) is 14.2. The van der Waals surface area contributed by atoms with Crippen molar-refractivity contribution in [2.75, 3.05) is 13.1 Å². The second-order valence-corrected chi connectivity index (χ2v) is 8.08. The third kappa shape index (κ3) is 3.69. The molecule has 2 atom stereocenters. The number of nitrogens with one attached hydrogen (secondary N) is 1. The maximum atomic E-state index is 4.61. The molecule has 0 saturated carbocycles. The topological polar surface area (TPSA) is 33.1 Å². The molecule has 0 bridgehead atoms. The fourth-order valence-corrected chi connectivity index (χ4v) is 3.65. The molecule has 1 aromatic heterocycles. The Morgan fingerprint density at radius 1 is 1.38 bits per heavy atom. The van der Waals surface area contributed by atoms with Gasteiger partial charge in [-0.15, -0.1) is 0 Å². The van der Waals surface area contributed by atoms with Gasteiger partial charge in [-0.25, -0.2) is 0 Å². The molecule has 0 aliphatic carbocycles. The summed E-state index contributed by atoms with van der Waals surface area (Å²) >= 11 is 3.74. The van der Waals surface area contributed by atoms with E-state index in [9.17, 15) is 0 Å². The van der Waals surface area contributed by atoms with Crippen LogP contribution in [0.5, 0.6) is 0 Å². The van der Waals surface area contributed by atoms with E-state index in [1.165, 1.54) is 10.2 Å². The minimum Gasteiger partial charge on any atom is -0.311 e. The monoisotopic (exact) mass is 356 g/mol. The summed E-state index contributed by atoms with van der Waals surface area (Å²) in [5.74, 6) is 0. The molecule has 1 fully saturated rings. The summed E-state index contributed by atoms with van der Waals surface area (Å²) in [6.07, 6.45) is 0.968. The van der Waals surface area contributed by atoms with E-state index in [4.69, 9.17) is 0 Å². The predicted molar refractivity (Wildman–Crippen MR) is 91.4 cm³/mol. The van der Waals surface area contributed by atoms with Crippen LogP contribution < -0.4 is 5.32 Å². The summed E-state index contributed by atoms with van der Waals surface area (Å²) < 4.78 is 3.22. The van der Waals surface area contributed by atoms with Crippen molar-refractivity contribution in [2.45, 2.75) is 59.7 Å². The minimum absolute atomic E-state index is 0.288. The Kier molecular flexibility index (Phi) is 5.16. The number of hydrogen-bond donors (Lipinski definition) is 1. The molecule has 120 valence electrons. The van der Waals surface area contributed by atoms with Gasteiger partial charge in [-0.2, -0.15) is 5.10 Å². The van der Waals surface area contributed by atoms with E-state index in [2.05, 4.69) is 65.9 Å². The minimum atomic E-state index is 0.288. The third-order valence-electron chi connectivity index (χ3n) is 4.60. The molecule has 0 spiro atoms. The average molecular weight is 357 g/mol. The van der Waals surface area contributed by atoms with Crippen LogP contribution in [0.4, 0.5) is 0 Å². The number of hydrogen-bond acceptors (Lipinski definition) is 3. The fraction of sp³-hybridized carbons (Fsp3) is 0.812. The smallest absolute Gasteiger partial charge is 0.0767 e. The van der Waals surface area contributed by atoms with Crippen LogP contribution in [0, 0.1) is 5.41 Å². The Hall–Kier alpha value is -0.390. The average Bonchev–Trinajstić information content (AvgIpc) is 2.67. The molecule has 21 heavy (non-hydrogen) atoms. The van der Waals surface area contributed by atoms with Crippen molar-refractivity contribution >= 4 is 15.9 Å². The second-order valence-electron chi connectivity index (χ2n) is 7.29. The van der Waals surface area contributed by atoms with Gasteiger partial charge in [0.05, 0.1) is 15.9 Å². The maximum absolute atomic E-state index is 4.61. The van der Waals surface area contributed by atoms with E-state index in [1.807, 2.05) is 11.7 Å². The summed E-state index contributed by atoms with van der Waals surface area (Å²) in [6.45, 7) is 14.5. The van der Waals surface area contributed by atoms with Crippen molar-refractivity contribution in [3.05, 3.63) is 15.9 Å². The molecular formula is C16H29BrN4. The Morgan fingerprint density at radius 3 is 2.57 bits per heavy atom. The van der Waals surface area contributed by atoms with Gasteiger partial charge in [-0.05, 0) is 34.7 Å². The standard InChI is InChI=1S/C16H29BrN4/c1-7-12-15(17)13(20(6)19-12)9-21-10-14(16(3,4)5)18-8-11(21)2/h11,14,18H,7-10H2,1-6H3. The van der Waals surface area contributed by atoms with Crippen LogP contribution in [0.25, 0.3) is 0 Å². The molecule has 1 N–H and O–H groups in total. The summed E-state index contributed by atoms with van der Waals surface area (Å²) in [6, 6.07) is 1.09. The SMILES string of the molecule is CCc1nn(C)c(CN2CC(C(C)(C)C)NCC2C)c1Br. The Labute approximate surface area is 137 Å². The molecule has 4 nitrogen and oxygen atoms in total. The molecule has 1 saturated heterocycles. The van der Waals surface area contributed by atoms with Crippen molar-refractivity contribution in [2.24, 2.45) is 12.5 Å². The molecule has 2 unspecified atom stereocenters. The lowest BCUT2D eigenvalue weighted by Crippen LogP contribution is -2.59. The highest BCUT2D eigenvalue weighted by Crippen LogP contribution is 2.27. The van der Waals surface area contributed by atoms with Gasteiger partial charge in [-0.3, -0.25) is 9.58 Å². The van der Waals surface area contributed by atoms with Gasteiger partial charge in [0.2, 0.25) is 0 Å². The van der Waals surface area contributed by atoms with Crippen LogP contribution in [0.1, 0.15) is 46.0 Å². The van der Waals surface area contributed by atoms with Crippen LogP contribution in [0.2, 0.25) is 0 Å². The molecule has 2 heterocycles. The zero-order valence-corrected chi connectivity index (χ0v) is 15.8. The Bertz CT molecular complexity index is 489. The predicted octanol–water partition coefficient (Wildman–Crippen LogP) is 2.95. The molecule has 1 aliphatic heterocycles. The van der Waals surface area contributed by atoms with E-state index < -0.39 is 0 Å². The van der Waals surface area contributed by atoms with Gasteiger partial charge in [0, 0.05) is 38.8 Å². The lowest BCUT2D eigenvalue weighted by Gasteiger charge is -2.44. The van der Waals surface area contributed by atoms with Crippen LogP contribution in [-0.4, -0.2) is 39.9 Å². The first-order chi connectivity index (χ1) is 9.74. The second kappa shape index (κ2) is 6.39. The maximum Gasteiger partial charge on any atom is 0.0767 e. The number of aromatic nitrogens is 2. The van der Waals surface area contributed by atoms with Gasteiger partial charge in [-0.1, -0.05) is 27.7 Å². The van der Waals surface area contributed by atoms with E-state index in [0.29, 0.717) is 12.1 Å². The van der Waals surface area contributed by atoms with Crippen LogP contribution in [-0.2, 0) is 20.0 Å². The zero-order chi connectivity index (χ0) is 15.8. The molecule has 2 rings (SSSR count). The molecule has 0 amide bonds. The summed E-state index contributed by atoms with van der Waals surface area (Å²) in [4.78, 5) is 2.58. The van der Waals surface area contributed by atoms with Gasteiger partial charge >= 0.3 is 0 Å². The lowest BCUT2D eigenvalue weighted by atomic mass is 9.85. The van der Waals surface area contributed by atoms with Crippen LogP contribution in [0.3, 0.4) is 0 Å². The first-order valence-electron chi connectivity index (χ1n) is 7.91. The third-order valence-corrected chi connectivity index (χ3v) is 5.52. The van der Waals surface area contributed by atoms with Crippen molar-refractivity contribution in [3.63, 3.8) is 0 Å². The van der Waals surface area contributed by atoms with Crippen molar-refractivity contribution in [1.82, 2.24) is 20.0 Å². The molecule has 0 aromatic carbocycles. The molecular weight excluding hydrogens is 328 g/mol. The van der Waals surface area contributed by atoms with E-state index in [0.717, 1.165) is 31.7 Å². The molecule has 5 heteroatoms. The number of rotatable bonds is 3. The highest BCUT2D eigenvalue weighted by atomic mass is 79.9. The van der Waals surface area contributed by atoms with Gasteiger partial charge in [0.25, 0.3) is 0 Å². The van der Waals surface area contributed by atoms with E-state index in [-0.39, 0.29) is 5.41 Å². The first-order valence-corrected chi connectivity index (χ1v) is 8.71. The molecule has 1 aliphatic rings. The van der Waals surface area contributed by atoms with Gasteiger partial charge in [0.1, 0.15) is 0 Å². The van der Waals surface area contributed by atoms with Crippen molar-refractivity contribution in [3.8, 4) is 0 Å². The Morgan fingerprint density at radius 2 is 2.05 bits per heavy atom. The molecule has 0 radical (unpaired) electrons. The highest BCUT2D eigenvalue weighted by molar-refractivity contribution is 9.10. The highest BCUT2D eigenvalue weighted by Gasteiger charge is 2.33. The number of halogens is 1. The largest absolute Gasteiger partial charge is 0.311 e. The normalized spacial score (nSPS) is 24.5. The van der Waals surface area contributed by atoms with Crippen molar-refractivity contribution in [1.29, 1.82) is 0 Å². The summed E-state index contributed by atoms with van der Waals surface area (Å²) in [5.41, 5.74) is 2.73. The fourth-order valence-electron chi connectivity index (χ4n) is 2.91.